The zero-order chi connectivity index (χ0) is 20.5. The SMILES string of the molecule is CC(C)(CO)Nc1cccc(C2Nc3ccc(OC(=O)O)cc3CC2(C)C)c1. The summed E-state index contributed by atoms with van der Waals surface area (Å²) >= 11 is 0. The molecule has 0 aliphatic carbocycles. The van der Waals surface area contributed by atoms with Crippen LogP contribution >= 0.6 is 0 Å². The lowest BCUT2D eigenvalue weighted by atomic mass is 9.73. The van der Waals surface area contributed by atoms with Gasteiger partial charge in [0.15, 0.2) is 0 Å². The molecule has 3 rings (SSSR count). The van der Waals surface area contributed by atoms with Crippen LogP contribution in [-0.4, -0.2) is 28.5 Å². The van der Waals surface area contributed by atoms with Crippen LogP contribution in [0.3, 0.4) is 0 Å². The number of hydrogen-bond donors (Lipinski definition) is 4. The van der Waals surface area contributed by atoms with Gasteiger partial charge >= 0.3 is 6.16 Å². The molecule has 0 spiro atoms. The average Bonchev–Trinajstić information content (AvgIpc) is 2.59. The molecule has 150 valence electrons. The molecule has 28 heavy (non-hydrogen) atoms. The van der Waals surface area contributed by atoms with Crippen molar-refractivity contribution in [3.05, 3.63) is 53.6 Å². The Kier molecular flexibility index (Phi) is 5.26. The third-order valence-corrected chi connectivity index (χ3v) is 5.11. The van der Waals surface area contributed by atoms with E-state index in [0.717, 1.165) is 28.9 Å². The van der Waals surface area contributed by atoms with E-state index in [-0.39, 0.29) is 18.1 Å². The highest BCUT2D eigenvalue weighted by molar-refractivity contribution is 5.64. The summed E-state index contributed by atoms with van der Waals surface area (Å²) in [5.41, 5.74) is 3.64. The second kappa shape index (κ2) is 7.36. The highest BCUT2D eigenvalue weighted by atomic mass is 16.7. The molecule has 6 nitrogen and oxygen atoms in total. The zero-order valence-electron chi connectivity index (χ0n) is 16.7. The molecule has 0 saturated carbocycles. The monoisotopic (exact) mass is 384 g/mol. The highest BCUT2D eigenvalue weighted by Crippen LogP contribution is 2.46. The van der Waals surface area contributed by atoms with Crippen molar-refractivity contribution in [1.29, 1.82) is 0 Å². The molecule has 0 fully saturated rings. The Morgan fingerprint density at radius 2 is 2.04 bits per heavy atom. The van der Waals surface area contributed by atoms with Gasteiger partial charge in [0, 0.05) is 11.4 Å². The van der Waals surface area contributed by atoms with E-state index in [1.807, 2.05) is 32.0 Å². The molecule has 2 aromatic rings. The van der Waals surface area contributed by atoms with E-state index >= 15 is 0 Å². The Morgan fingerprint density at radius 1 is 1.29 bits per heavy atom. The molecule has 0 saturated heterocycles. The van der Waals surface area contributed by atoms with Gasteiger partial charge in [-0.2, -0.15) is 0 Å². The molecular formula is C22H28N2O4. The van der Waals surface area contributed by atoms with Crippen LogP contribution in [-0.2, 0) is 6.42 Å². The van der Waals surface area contributed by atoms with Crippen molar-refractivity contribution >= 4 is 17.5 Å². The normalized spacial score (nSPS) is 18.0. The fourth-order valence-electron chi connectivity index (χ4n) is 3.73. The van der Waals surface area contributed by atoms with E-state index < -0.39 is 11.7 Å². The second-order valence-electron chi connectivity index (χ2n) is 8.72. The van der Waals surface area contributed by atoms with Crippen molar-refractivity contribution in [2.45, 2.75) is 45.7 Å². The van der Waals surface area contributed by atoms with Gasteiger partial charge in [-0.15, -0.1) is 0 Å². The van der Waals surface area contributed by atoms with Gasteiger partial charge in [-0.25, -0.2) is 4.79 Å². The number of aliphatic hydroxyl groups excluding tert-OH is 1. The van der Waals surface area contributed by atoms with Gasteiger partial charge in [-0.3, -0.25) is 0 Å². The number of aliphatic hydroxyl groups is 1. The fourth-order valence-corrected chi connectivity index (χ4v) is 3.73. The van der Waals surface area contributed by atoms with Gasteiger partial charge in [0.1, 0.15) is 5.75 Å². The van der Waals surface area contributed by atoms with Crippen molar-refractivity contribution in [2.24, 2.45) is 5.41 Å². The molecule has 0 radical (unpaired) electrons. The second-order valence-corrected chi connectivity index (χ2v) is 8.72. The van der Waals surface area contributed by atoms with Gasteiger partial charge in [0.2, 0.25) is 0 Å². The number of ether oxygens (including phenoxy) is 1. The third kappa shape index (κ3) is 4.39. The third-order valence-electron chi connectivity index (χ3n) is 5.11. The maximum atomic E-state index is 10.8. The Bertz CT molecular complexity index is 877. The quantitative estimate of drug-likeness (QED) is 0.443. The Morgan fingerprint density at radius 3 is 2.71 bits per heavy atom. The standard InChI is InChI=1S/C22H28N2O4/c1-21(2)12-15-11-17(28-20(26)27)8-9-18(15)23-19(21)14-6-5-7-16(10-14)24-22(3,4)13-25/h5-11,19,23-25H,12-13H2,1-4H3,(H,26,27). The molecule has 1 aliphatic rings. The molecule has 1 heterocycles. The molecule has 0 aromatic heterocycles. The minimum atomic E-state index is -1.31. The number of carboxylic acid groups (broad SMARTS) is 1. The summed E-state index contributed by atoms with van der Waals surface area (Å²) in [5.74, 6) is 0.333. The molecular weight excluding hydrogens is 356 g/mol. The first-order valence-electron chi connectivity index (χ1n) is 9.39. The van der Waals surface area contributed by atoms with Crippen LogP contribution in [0.25, 0.3) is 0 Å². The van der Waals surface area contributed by atoms with Crippen LogP contribution in [0.4, 0.5) is 16.2 Å². The van der Waals surface area contributed by atoms with Crippen LogP contribution in [0, 0.1) is 5.41 Å². The summed E-state index contributed by atoms with van der Waals surface area (Å²) in [6, 6.07) is 13.6. The number of benzene rings is 2. The molecule has 2 aromatic carbocycles. The predicted octanol–water partition coefficient (Wildman–Crippen LogP) is 4.66. The molecule has 6 heteroatoms. The number of fused-ring (bicyclic) bond motifs is 1. The number of hydrogen-bond acceptors (Lipinski definition) is 5. The van der Waals surface area contributed by atoms with E-state index in [9.17, 15) is 9.90 Å². The van der Waals surface area contributed by atoms with Crippen LogP contribution in [0.5, 0.6) is 5.75 Å². The van der Waals surface area contributed by atoms with Gasteiger partial charge in [0.25, 0.3) is 0 Å². The molecule has 1 aliphatic heterocycles. The summed E-state index contributed by atoms with van der Waals surface area (Å²) in [7, 11) is 0. The Balaban J connectivity index is 1.89. The van der Waals surface area contributed by atoms with Gasteiger partial charge < -0.3 is 25.6 Å². The van der Waals surface area contributed by atoms with E-state index in [1.54, 1.807) is 12.1 Å². The van der Waals surface area contributed by atoms with Crippen molar-refractivity contribution in [2.75, 3.05) is 17.2 Å². The number of carbonyl (C=O) groups is 1. The van der Waals surface area contributed by atoms with Crippen LogP contribution in [0.15, 0.2) is 42.5 Å². The summed E-state index contributed by atoms with van der Waals surface area (Å²) in [6.45, 7) is 8.33. The maximum Gasteiger partial charge on any atom is 0.511 e. The number of rotatable bonds is 5. The van der Waals surface area contributed by atoms with Crippen LogP contribution in [0.2, 0.25) is 0 Å². The lowest BCUT2D eigenvalue weighted by molar-refractivity contribution is 0.144. The van der Waals surface area contributed by atoms with E-state index in [4.69, 9.17) is 9.84 Å². The maximum absolute atomic E-state index is 10.8. The van der Waals surface area contributed by atoms with Crippen LogP contribution < -0.4 is 15.4 Å². The summed E-state index contributed by atoms with van der Waals surface area (Å²) < 4.78 is 4.79. The van der Waals surface area contributed by atoms with Crippen molar-refractivity contribution in [3.8, 4) is 5.75 Å². The zero-order valence-corrected chi connectivity index (χ0v) is 16.7. The predicted molar refractivity (Wildman–Crippen MR) is 110 cm³/mol. The minimum absolute atomic E-state index is 0.0402. The summed E-state index contributed by atoms with van der Waals surface area (Å²) in [6.07, 6.45) is -0.521. The highest BCUT2D eigenvalue weighted by Gasteiger charge is 2.36. The van der Waals surface area contributed by atoms with E-state index in [0.29, 0.717) is 5.75 Å². The van der Waals surface area contributed by atoms with Gasteiger partial charge in [-0.1, -0.05) is 26.0 Å². The van der Waals surface area contributed by atoms with Crippen LogP contribution in [0.1, 0.15) is 44.9 Å². The van der Waals surface area contributed by atoms with Gasteiger partial charge in [0.05, 0.1) is 18.2 Å². The first-order valence-corrected chi connectivity index (χ1v) is 9.39. The summed E-state index contributed by atoms with van der Waals surface area (Å²) in [4.78, 5) is 10.8. The van der Waals surface area contributed by atoms with E-state index in [1.165, 1.54) is 0 Å². The lowest BCUT2D eigenvalue weighted by Crippen LogP contribution is -2.36. The molecule has 1 atom stereocenters. The first-order chi connectivity index (χ1) is 13.1. The smallest absolute Gasteiger partial charge is 0.449 e. The molecule has 1 unspecified atom stereocenters. The largest absolute Gasteiger partial charge is 0.511 e. The molecule has 0 bridgehead atoms. The Labute approximate surface area is 165 Å². The lowest BCUT2D eigenvalue weighted by Gasteiger charge is -2.41. The van der Waals surface area contributed by atoms with Crippen molar-refractivity contribution in [1.82, 2.24) is 0 Å². The minimum Gasteiger partial charge on any atom is -0.449 e. The number of anilines is 2. The van der Waals surface area contributed by atoms with Gasteiger partial charge in [-0.05, 0) is 67.1 Å². The Hall–Kier alpha value is -2.73. The first kappa shape index (κ1) is 20.0. The molecule has 0 amide bonds. The van der Waals surface area contributed by atoms with Crippen molar-refractivity contribution < 1.29 is 19.7 Å². The van der Waals surface area contributed by atoms with E-state index in [2.05, 4.69) is 36.6 Å². The fraction of sp³-hybridized carbons (Fsp3) is 0.409. The summed E-state index contributed by atoms with van der Waals surface area (Å²) in [5, 5.41) is 25.3. The topological polar surface area (TPSA) is 90.8 Å². The molecule has 4 N–H and O–H groups in total. The average molecular weight is 384 g/mol. The number of nitrogens with one attached hydrogen (secondary N) is 2. The van der Waals surface area contributed by atoms with Crippen molar-refractivity contribution in [3.63, 3.8) is 0 Å².